The zero-order valence-electron chi connectivity index (χ0n) is 12.3. The van der Waals surface area contributed by atoms with Crippen LogP contribution in [0.25, 0.3) is 0 Å². The molecule has 0 radical (unpaired) electrons. The van der Waals surface area contributed by atoms with Gasteiger partial charge in [0.15, 0.2) is 6.61 Å². The number of carbonyl (C=O) groups is 1. The maximum atomic E-state index is 11.5. The van der Waals surface area contributed by atoms with Crippen LogP contribution in [0.3, 0.4) is 0 Å². The Bertz CT molecular complexity index is 438. The van der Waals surface area contributed by atoms with Crippen molar-refractivity contribution in [2.24, 2.45) is 0 Å². The van der Waals surface area contributed by atoms with Gasteiger partial charge in [-0.05, 0) is 45.0 Å². The fourth-order valence-electron chi connectivity index (χ4n) is 1.85. The molecule has 1 atom stereocenters. The number of halogens is 1. The van der Waals surface area contributed by atoms with Crippen LogP contribution in [0.15, 0.2) is 22.7 Å². The first-order valence-electron chi connectivity index (χ1n) is 7.00. The topological polar surface area (TPSA) is 50.4 Å². The van der Waals surface area contributed by atoms with Gasteiger partial charge in [0.05, 0.1) is 0 Å². The van der Waals surface area contributed by atoms with Crippen LogP contribution in [0.2, 0.25) is 0 Å². The summed E-state index contributed by atoms with van der Waals surface area (Å²) >= 11 is 3.48. The van der Waals surface area contributed by atoms with Gasteiger partial charge in [-0.3, -0.25) is 4.79 Å². The number of ether oxygens (including phenoxy) is 1. The Morgan fingerprint density at radius 2 is 2.15 bits per heavy atom. The van der Waals surface area contributed by atoms with E-state index in [1.165, 1.54) is 0 Å². The van der Waals surface area contributed by atoms with Crippen molar-refractivity contribution in [1.82, 2.24) is 10.6 Å². The van der Waals surface area contributed by atoms with Crippen molar-refractivity contribution in [2.45, 2.75) is 33.2 Å². The molecule has 0 bridgehead atoms. The van der Waals surface area contributed by atoms with Gasteiger partial charge in [0.2, 0.25) is 0 Å². The molecule has 0 aliphatic heterocycles. The molecule has 1 unspecified atom stereocenters. The first-order valence-corrected chi connectivity index (χ1v) is 7.80. The third kappa shape index (κ3) is 5.51. The molecule has 0 heterocycles. The maximum absolute atomic E-state index is 11.5. The predicted molar refractivity (Wildman–Crippen MR) is 85.0 cm³/mol. The lowest BCUT2D eigenvalue weighted by Crippen LogP contribution is -2.29. The van der Waals surface area contributed by atoms with Crippen LogP contribution >= 0.6 is 15.9 Å². The van der Waals surface area contributed by atoms with Crippen LogP contribution in [0, 0.1) is 0 Å². The highest BCUT2D eigenvalue weighted by Gasteiger charge is 2.13. The van der Waals surface area contributed by atoms with Gasteiger partial charge in [-0.1, -0.05) is 22.9 Å². The number of likely N-dealkylation sites (N-methyl/N-ethyl adjacent to an activating group) is 1. The van der Waals surface area contributed by atoms with Crippen LogP contribution in [-0.4, -0.2) is 25.6 Å². The smallest absolute Gasteiger partial charge is 0.257 e. The molecule has 0 spiro atoms. The molecule has 2 N–H and O–H groups in total. The molecule has 1 aromatic carbocycles. The third-order valence-electron chi connectivity index (χ3n) is 2.87. The summed E-state index contributed by atoms with van der Waals surface area (Å²) in [6.07, 6.45) is 1.08. The van der Waals surface area contributed by atoms with Crippen LogP contribution in [-0.2, 0) is 4.79 Å². The number of nitrogens with one attached hydrogen (secondary N) is 2. The molecule has 4 nitrogen and oxygen atoms in total. The van der Waals surface area contributed by atoms with Crippen LogP contribution in [0.5, 0.6) is 5.75 Å². The van der Waals surface area contributed by atoms with Gasteiger partial charge in [0.25, 0.3) is 5.91 Å². The van der Waals surface area contributed by atoms with E-state index in [4.69, 9.17) is 4.74 Å². The van der Waals surface area contributed by atoms with Gasteiger partial charge in [-0.15, -0.1) is 0 Å². The second kappa shape index (κ2) is 8.97. The molecule has 0 saturated carbocycles. The Labute approximate surface area is 129 Å². The largest absolute Gasteiger partial charge is 0.483 e. The Hall–Kier alpha value is -1.07. The fraction of sp³-hybridized carbons (Fsp3) is 0.533. The third-order valence-corrected chi connectivity index (χ3v) is 3.36. The molecule has 5 heteroatoms. The average molecular weight is 343 g/mol. The molecular weight excluding hydrogens is 320 g/mol. The van der Waals surface area contributed by atoms with Gasteiger partial charge in [0, 0.05) is 22.6 Å². The number of carbonyl (C=O) groups excluding carboxylic acids is 1. The SMILES string of the molecule is CCCNC(C)c1cc(Br)ccc1OCC(=O)NCC. The van der Waals surface area contributed by atoms with Crippen LogP contribution in [0.4, 0.5) is 0 Å². The number of rotatable bonds is 8. The first-order chi connectivity index (χ1) is 9.58. The summed E-state index contributed by atoms with van der Waals surface area (Å²) in [6.45, 7) is 7.72. The zero-order valence-corrected chi connectivity index (χ0v) is 13.9. The molecule has 0 aliphatic rings. The Morgan fingerprint density at radius 3 is 2.80 bits per heavy atom. The minimum absolute atomic E-state index is 0.0446. The van der Waals surface area contributed by atoms with Crippen molar-refractivity contribution in [2.75, 3.05) is 19.7 Å². The summed E-state index contributed by atoms with van der Waals surface area (Å²) in [7, 11) is 0. The Morgan fingerprint density at radius 1 is 1.40 bits per heavy atom. The van der Waals surface area contributed by atoms with Crippen LogP contribution < -0.4 is 15.4 Å². The molecule has 0 fully saturated rings. The minimum Gasteiger partial charge on any atom is -0.483 e. The molecule has 1 rings (SSSR count). The minimum atomic E-state index is -0.101. The number of hydrogen-bond donors (Lipinski definition) is 2. The molecule has 20 heavy (non-hydrogen) atoms. The summed E-state index contributed by atoms with van der Waals surface area (Å²) in [5, 5.41) is 6.15. The lowest BCUT2D eigenvalue weighted by atomic mass is 10.1. The standard InChI is InChI=1S/C15H23BrN2O2/c1-4-8-18-11(3)13-9-12(16)6-7-14(13)20-10-15(19)17-5-2/h6-7,9,11,18H,4-5,8,10H2,1-3H3,(H,17,19). The second-order valence-corrected chi connectivity index (χ2v) is 5.52. The highest BCUT2D eigenvalue weighted by Crippen LogP contribution is 2.28. The van der Waals surface area contributed by atoms with Crippen molar-refractivity contribution < 1.29 is 9.53 Å². The monoisotopic (exact) mass is 342 g/mol. The molecule has 0 aromatic heterocycles. The maximum Gasteiger partial charge on any atom is 0.257 e. The average Bonchev–Trinajstić information content (AvgIpc) is 2.43. The summed E-state index contributed by atoms with van der Waals surface area (Å²) < 4.78 is 6.64. The van der Waals surface area contributed by atoms with E-state index < -0.39 is 0 Å². The quantitative estimate of drug-likeness (QED) is 0.763. The Kier molecular flexibility index (Phi) is 7.62. The molecule has 112 valence electrons. The predicted octanol–water partition coefficient (Wildman–Crippen LogP) is 3.02. The van der Waals surface area contributed by atoms with E-state index in [-0.39, 0.29) is 18.6 Å². The van der Waals surface area contributed by atoms with E-state index in [9.17, 15) is 4.79 Å². The van der Waals surface area contributed by atoms with Gasteiger partial charge < -0.3 is 15.4 Å². The molecule has 1 amide bonds. The summed E-state index contributed by atoms with van der Waals surface area (Å²) in [6, 6.07) is 6.02. The lowest BCUT2D eigenvalue weighted by Gasteiger charge is -2.18. The molecule has 0 aliphatic carbocycles. The van der Waals surface area contributed by atoms with Gasteiger partial charge in [-0.25, -0.2) is 0 Å². The number of amides is 1. The van der Waals surface area contributed by atoms with Gasteiger partial charge in [-0.2, -0.15) is 0 Å². The summed E-state index contributed by atoms with van der Waals surface area (Å²) in [5.74, 6) is 0.645. The number of hydrogen-bond acceptors (Lipinski definition) is 3. The normalized spacial score (nSPS) is 12.0. The highest BCUT2D eigenvalue weighted by atomic mass is 79.9. The van der Waals surface area contributed by atoms with E-state index in [0.29, 0.717) is 6.54 Å². The summed E-state index contributed by atoms with van der Waals surface area (Å²) in [5.41, 5.74) is 1.05. The molecule has 1 aromatic rings. The second-order valence-electron chi connectivity index (χ2n) is 4.60. The zero-order chi connectivity index (χ0) is 15.0. The molecule has 0 saturated heterocycles. The van der Waals surface area contributed by atoms with Crippen molar-refractivity contribution in [3.05, 3.63) is 28.2 Å². The van der Waals surface area contributed by atoms with E-state index >= 15 is 0 Å². The lowest BCUT2D eigenvalue weighted by molar-refractivity contribution is -0.123. The number of benzene rings is 1. The van der Waals surface area contributed by atoms with E-state index in [1.54, 1.807) is 0 Å². The van der Waals surface area contributed by atoms with Crippen molar-refractivity contribution in [3.8, 4) is 5.75 Å². The van der Waals surface area contributed by atoms with E-state index in [2.05, 4.69) is 40.4 Å². The summed E-state index contributed by atoms with van der Waals surface area (Å²) in [4.78, 5) is 11.5. The van der Waals surface area contributed by atoms with Crippen molar-refractivity contribution >= 4 is 21.8 Å². The fourth-order valence-corrected chi connectivity index (χ4v) is 2.23. The van der Waals surface area contributed by atoms with Gasteiger partial charge in [0.1, 0.15) is 5.75 Å². The van der Waals surface area contributed by atoms with E-state index in [1.807, 2.05) is 25.1 Å². The van der Waals surface area contributed by atoms with E-state index in [0.717, 1.165) is 28.8 Å². The van der Waals surface area contributed by atoms with Crippen molar-refractivity contribution in [3.63, 3.8) is 0 Å². The molecular formula is C15H23BrN2O2. The van der Waals surface area contributed by atoms with Crippen LogP contribution in [0.1, 0.15) is 38.8 Å². The first kappa shape index (κ1) is 17.0. The Balaban J connectivity index is 2.76. The van der Waals surface area contributed by atoms with Crippen molar-refractivity contribution in [1.29, 1.82) is 0 Å². The highest BCUT2D eigenvalue weighted by molar-refractivity contribution is 9.10. The van der Waals surface area contributed by atoms with Gasteiger partial charge >= 0.3 is 0 Å².